The Balaban J connectivity index is 1.98. The maximum atomic E-state index is 11.5. The van der Waals surface area contributed by atoms with E-state index in [9.17, 15) is 14.7 Å². The lowest BCUT2D eigenvalue weighted by Crippen LogP contribution is -2.36. The van der Waals surface area contributed by atoms with E-state index < -0.39 is 17.7 Å². The summed E-state index contributed by atoms with van der Waals surface area (Å²) in [6.45, 7) is 2.02. The summed E-state index contributed by atoms with van der Waals surface area (Å²) in [5.74, 6) is -2.96. The molecule has 0 atom stereocenters. The number of thiophene rings is 1. The maximum absolute atomic E-state index is 11.5. The van der Waals surface area contributed by atoms with Crippen LogP contribution in [0.25, 0.3) is 16.1 Å². The third-order valence-corrected chi connectivity index (χ3v) is 3.94. The van der Waals surface area contributed by atoms with E-state index in [0.717, 1.165) is 10.4 Å². The SMILES string of the molecule is Cc1ccc(-c2cc[n+](C3=C([O-])C(=O)OC3=O)cc2)s1. The predicted octanol–water partition coefficient (Wildman–Crippen LogP) is 0.623. The van der Waals surface area contributed by atoms with E-state index in [2.05, 4.69) is 4.74 Å². The highest BCUT2D eigenvalue weighted by Gasteiger charge is 2.35. The number of hydrogen-bond donors (Lipinski definition) is 0. The van der Waals surface area contributed by atoms with Gasteiger partial charge in [0.1, 0.15) is 0 Å². The highest BCUT2D eigenvalue weighted by atomic mass is 32.1. The molecule has 6 heteroatoms. The Morgan fingerprint density at radius 3 is 2.30 bits per heavy atom. The lowest BCUT2D eigenvalue weighted by atomic mass is 10.2. The van der Waals surface area contributed by atoms with Crippen LogP contribution in [-0.4, -0.2) is 11.9 Å². The molecule has 3 heterocycles. The Hall–Kier alpha value is -2.47. The number of nitrogens with zero attached hydrogens (tertiary/aromatic N) is 1. The third-order valence-electron chi connectivity index (χ3n) is 2.89. The number of hydrogen-bond acceptors (Lipinski definition) is 5. The molecular weight excluding hydrogens is 278 g/mol. The van der Waals surface area contributed by atoms with Gasteiger partial charge < -0.3 is 9.84 Å². The molecule has 0 aromatic carbocycles. The average molecular weight is 287 g/mol. The Kier molecular flexibility index (Phi) is 2.87. The second-order valence-corrected chi connectivity index (χ2v) is 5.55. The molecule has 1 aliphatic heterocycles. The second kappa shape index (κ2) is 4.57. The fourth-order valence-electron chi connectivity index (χ4n) is 1.92. The Morgan fingerprint density at radius 2 is 1.80 bits per heavy atom. The van der Waals surface area contributed by atoms with E-state index >= 15 is 0 Å². The van der Waals surface area contributed by atoms with E-state index in [4.69, 9.17) is 0 Å². The lowest BCUT2D eigenvalue weighted by molar-refractivity contribution is -0.581. The maximum Gasteiger partial charge on any atom is 0.411 e. The van der Waals surface area contributed by atoms with Crippen molar-refractivity contribution in [2.75, 3.05) is 0 Å². The molecule has 3 rings (SSSR count). The fourth-order valence-corrected chi connectivity index (χ4v) is 2.79. The van der Waals surface area contributed by atoms with E-state index in [1.165, 1.54) is 9.44 Å². The summed E-state index contributed by atoms with van der Waals surface area (Å²) in [6.07, 6.45) is 3.13. The van der Waals surface area contributed by atoms with Gasteiger partial charge in [0, 0.05) is 27.5 Å². The lowest BCUT2D eigenvalue weighted by Gasteiger charge is -2.00. The molecule has 1 aliphatic rings. The van der Waals surface area contributed by atoms with Crippen molar-refractivity contribution in [2.45, 2.75) is 6.92 Å². The van der Waals surface area contributed by atoms with Crippen LogP contribution >= 0.6 is 11.3 Å². The zero-order valence-corrected chi connectivity index (χ0v) is 11.3. The van der Waals surface area contributed by atoms with Gasteiger partial charge in [0.05, 0.1) is 5.76 Å². The summed E-state index contributed by atoms with van der Waals surface area (Å²) >= 11 is 1.65. The Labute approximate surface area is 118 Å². The van der Waals surface area contributed by atoms with Crippen LogP contribution in [0.4, 0.5) is 0 Å². The molecule has 0 saturated heterocycles. The molecule has 0 saturated carbocycles. The number of carbonyl (C=O) groups excluding carboxylic acids is 2. The van der Waals surface area contributed by atoms with E-state index in [0.29, 0.717) is 0 Å². The van der Waals surface area contributed by atoms with Crippen molar-refractivity contribution in [3.05, 3.63) is 47.3 Å². The normalized spacial score (nSPS) is 14.8. The second-order valence-electron chi connectivity index (χ2n) is 4.26. The van der Waals surface area contributed by atoms with Crippen molar-refractivity contribution in [3.63, 3.8) is 0 Å². The number of pyridine rings is 1. The molecule has 0 spiro atoms. The number of aromatic nitrogens is 1. The number of carbonyl (C=O) groups is 2. The van der Waals surface area contributed by atoms with Gasteiger partial charge in [-0.1, -0.05) is 0 Å². The first kappa shape index (κ1) is 12.6. The van der Waals surface area contributed by atoms with Crippen LogP contribution in [0.15, 0.2) is 42.4 Å². The van der Waals surface area contributed by atoms with Gasteiger partial charge >= 0.3 is 11.9 Å². The molecule has 100 valence electrons. The minimum atomic E-state index is -1.13. The molecule has 0 amide bonds. The van der Waals surface area contributed by atoms with E-state index in [1.54, 1.807) is 35.9 Å². The van der Waals surface area contributed by atoms with Crippen molar-refractivity contribution in [1.82, 2.24) is 0 Å². The van der Waals surface area contributed by atoms with Crippen molar-refractivity contribution >= 4 is 29.0 Å². The molecule has 0 radical (unpaired) electrons. The molecular formula is C14H9NO4S. The number of aryl methyl sites for hydroxylation is 1. The first-order valence-electron chi connectivity index (χ1n) is 5.82. The van der Waals surface area contributed by atoms with E-state index in [-0.39, 0.29) is 5.70 Å². The summed E-state index contributed by atoms with van der Waals surface area (Å²) in [6, 6.07) is 7.58. The number of cyclic esters (lactones) is 2. The van der Waals surface area contributed by atoms with Gasteiger partial charge in [0.25, 0.3) is 5.70 Å². The van der Waals surface area contributed by atoms with Gasteiger partial charge in [0.2, 0.25) is 0 Å². The number of esters is 2. The smallest absolute Gasteiger partial charge is 0.411 e. The molecule has 5 nitrogen and oxygen atoms in total. The van der Waals surface area contributed by atoms with Crippen LogP contribution in [0, 0.1) is 6.92 Å². The van der Waals surface area contributed by atoms with Crippen LogP contribution in [0.3, 0.4) is 0 Å². The summed E-state index contributed by atoms with van der Waals surface area (Å²) in [5, 5.41) is 11.5. The van der Waals surface area contributed by atoms with E-state index in [1.807, 2.05) is 19.1 Å². The van der Waals surface area contributed by atoms with Crippen molar-refractivity contribution in [1.29, 1.82) is 0 Å². The largest absolute Gasteiger partial charge is 0.863 e. The molecule has 0 fully saturated rings. The topological polar surface area (TPSA) is 70.3 Å². The molecule has 0 aliphatic carbocycles. The monoisotopic (exact) mass is 287 g/mol. The summed E-state index contributed by atoms with van der Waals surface area (Å²) < 4.78 is 5.58. The molecule has 0 N–H and O–H groups in total. The van der Waals surface area contributed by atoms with Gasteiger partial charge in [-0.15, -0.1) is 11.3 Å². The Morgan fingerprint density at radius 1 is 1.10 bits per heavy atom. The first-order chi connectivity index (χ1) is 9.56. The predicted molar refractivity (Wildman–Crippen MR) is 69.0 cm³/mol. The molecule has 2 aromatic rings. The number of ether oxygens (including phenoxy) is 1. The van der Waals surface area contributed by atoms with Crippen LogP contribution in [-0.2, 0) is 14.3 Å². The van der Waals surface area contributed by atoms with Crippen LogP contribution < -0.4 is 9.67 Å². The summed E-state index contributed by atoms with van der Waals surface area (Å²) in [5.41, 5.74) is 0.703. The average Bonchev–Trinajstić information content (AvgIpc) is 2.95. The minimum Gasteiger partial charge on any atom is -0.863 e. The zero-order valence-electron chi connectivity index (χ0n) is 10.5. The Bertz CT molecular complexity index is 743. The van der Waals surface area contributed by atoms with Gasteiger partial charge in [-0.25, -0.2) is 9.59 Å². The standard InChI is InChI=1S/C14H9NO4S/c1-8-2-3-10(20-8)9-4-6-15(7-5-9)11-12(16)14(18)19-13(11)17/h2-7H,1H3. The molecule has 0 unspecified atom stereocenters. The van der Waals surface area contributed by atoms with Gasteiger partial charge in [-0.05, 0) is 19.1 Å². The van der Waals surface area contributed by atoms with Crippen LogP contribution in [0.5, 0.6) is 0 Å². The third kappa shape index (κ3) is 2.00. The molecule has 20 heavy (non-hydrogen) atoms. The fraction of sp³-hybridized carbons (Fsp3) is 0.0714. The van der Waals surface area contributed by atoms with Crippen LogP contribution in [0.2, 0.25) is 0 Å². The minimum absolute atomic E-state index is 0.274. The van der Waals surface area contributed by atoms with Crippen LogP contribution in [0.1, 0.15) is 4.88 Å². The quantitative estimate of drug-likeness (QED) is 0.461. The molecule has 2 aromatic heterocycles. The summed E-state index contributed by atoms with van der Waals surface area (Å²) in [4.78, 5) is 24.8. The van der Waals surface area contributed by atoms with Crippen molar-refractivity contribution in [2.24, 2.45) is 0 Å². The highest BCUT2D eigenvalue weighted by molar-refractivity contribution is 7.15. The van der Waals surface area contributed by atoms with Gasteiger partial charge in [0.15, 0.2) is 12.4 Å². The highest BCUT2D eigenvalue weighted by Crippen LogP contribution is 2.26. The zero-order chi connectivity index (χ0) is 14.3. The number of rotatable bonds is 2. The van der Waals surface area contributed by atoms with Crippen molar-refractivity contribution in [3.8, 4) is 10.4 Å². The first-order valence-corrected chi connectivity index (χ1v) is 6.64. The van der Waals surface area contributed by atoms with Crippen molar-refractivity contribution < 1.29 is 24.0 Å². The molecule has 0 bridgehead atoms. The van der Waals surface area contributed by atoms with Gasteiger partial charge in [-0.3, -0.25) is 0 Å². The summed E-state index contributed by atoms with van der Waals surface area (Å²) in [7, 11) is 0. The van der Waals surface area contributed by atoms with Gasteiger partial charge in [-0.2, -0.15) is 4.57 Å².